The van der Waals surface area contributed by atoms with Crippen LogP contribution in [-0.2, 0) is 15.6 Å². The summed E-state index contributed by atoms with van der Waals surface area (Å²) < 4.78 is 11.5. The molecule has 2 atom stereocenters. The van der Waals surface area contributed by atoms with E-state index >= 15 is 0 Å². The van der Waals surface area contributed by atoms with Crippen LogP contribution < -0.4 is 0 Å². The Morgan fingerprint density at radius 2 is 1.88 bits per heavy atom. The van der Waals surface area contributed by atoms with Crippen LogP contribution in [-0.4, -0.2) is 32.1 Å². The highest BCUT2D eigenvalue weighted by Gasteiger charge is 2.21. The van der Waals surface area contributed by atoms with Crippen molar-refractivity contribution in [3.8, 4) is 0 Å². The molecule has 0 saturated heterocycles. The highest BCUT2D eigenvalue weighted by atomic mass is 35.5. The van der Waals surface area contributed by atoms with Gasteiger partial charge in [-0.1, -0.05) is 11.6 Å². The molecular weight excluding hydrogens is 264 g/mol. The molecule has 2 unspecified atom stereocenters. The number of halogens is 1. The molecule has 0 aliphatic carbocycles. The van der Waals surface area contributed by atoms with E-state index in [1.54, 1.807) is 12.1 Å². The maximum atomic E-state index is 11.7. The molecule has 0 heterocycles. The number of hydrogen-bond donors (Lipinski definition) is 1. The Hall–Kier alpha value is -1.20. The topological polar surface area (TPSA) is 71.4 Å². The van der Waals surface area contributed by atoms with E-state index < -0.39 is 22.0 Å². The third-order valence-electron chi connectivity index (χ3n) is 2.18. The lowest BCUT2D eigenvalue weighted by atomic mass is 10.1. The van der Waals surface area contributed by atoms with Gasteiger partial charge in [-0.2, -0.15) is 0 Å². The van der Waals surface area contributed by atoms with E-state index in [1.165, 1.54) is 19.1 Å². The molecule has 1 aromatic carbocycles. The molecule has 0 aliphatic rings. The molecule has 6 heteroatoms. The number of rotatable bonds is 5. The van der Waals surface area contributed by atoms with Crippen molar-refractivity contribution >= 4 is 34.2 Å². The number of carboxylic acid groups (broad SMARTS) is 1. The Labute approximate surface area is 106 Å². The molecule has 1 N–H and O–H groups in total. The van der Waals surface area contributed by atoms with Crippen molar-refractivity contribution in [3.63, 3.8) is 0 Å². The molecule has 1 aromatic rings. The van der Waals surface area contributed by atoms with Crippen LogP contribution in [0, 0.1) is 0 Å². The van der Waals surface area contributed by atoms with Gasteiger partial charge in [-0.3, -0.25) is 13.8 Å². The zero-order valence-corrected chi connectivity index (χ0v) is 10.6. The molecule has 92 valence electrons. The summed E-state index contributed by atoms with van der Waals surface area (Å²) in [4.78, 5) is 22.2. The van der Waals surface area contributed by atoms with Gasteiger partial charge < -0.3 is 5.11 Å². The first kappa shape index (κ1) is 13.9. The quantitative estimate of drug-likeness (QED) is 0.830. The minimum absolute atomic E-state index is 0.297. The standard InChI is InChI=1S/C11H11ClO4S/c1-7(11(14)15)17(16)6-10(13)8-2-4-9(12)5-3-8/h2-5,7H,6H2,1H3,(H,14,15). The number of ketones is 1. The summed E-state index contributed by atoms with van der Waals surface area (Å²) in [6.45, 7) is 1.31. The number of carboxylic acids is 1. The summed E-state index contributed by atoms with van der Waals surface area (Å²) in [5.41, 5.74) is 0.375. The van der Waals surface area contributed by atoms with Crippen molar-refractivity contribution in [2.24, 2.45) is 0 Å². The fourth-order valence-corrected chi connectivity index (χ4v) is 2.11. The first-order chi connectivity index (χ1) is 7.91. The second-order valence-corrected chi connectivity index (χ2v) is 5.63. The van der Waals surface area contributed by atoms with Crippen molar-refractivity contribution in [2.75, 3.05) is 5.75 Å². The first-order valence-corrected chi connectivity index (χ1v) is 6.56. The summed E-state index contributed by atoms with van der Waals surface area (Å²) in [5, 5.41) is 8.10. The van der Waals surface area contributed by atoms with Gasteiger partial charge in [-0.25, -0.2) is 0 Å². The van der Waals surface area contributed by atoms with E-state index in [-0.39, 0.29) is 11.5 Å². The third-order valence-corrected chi connectivity index (χ3v) is 3.97. The second-order valence-electron chi connectivity index (χ2n) is 3.44. The summed E-state index contributed by atoms with van der Waals surface area (Å²) in [6.07, 6.45) is 0. The largest absolute Gasteiger partial charge is 0.480 e. The van der Waals surface area contributed by atoms with Gasteiger partial charge in [0, 0.05) is 21.4 Å². The van der Waals surface area contributed by atoms with Crippen molar-refractivity contribution in [1.82, 2.24) is 0 Å². The predicted octanol–water partition coefficient (Wildman–Crippen LogP) is 1.74. The number of Topliss-reactive ketones (excluding diaryl/α,β-unsaturated/α-hetero) is 1. The lowest BCUT2D eigenvalue weighted by Crippen LogP contribution is -2.26. The Kier molecular flexibility index (Phi) is 4.84. The molecular formula is C11H11ClO4S. The highest BCUT2D eigenvalue weighted by Crippen LogP contribution is 2.11. The van der Waals surface area contributed by atoms with Gasteiger partial charge in [0.25, 0.3) is 0 Å². The van der Waals surface area contributed by atoms with Crippen LogP contribution in [0.1, 0.15) is 17.3 Å². The van der Waals surface area contributed by atoms with Crippen LogP contribution in [0.3, 0.4) is 0 Å². The molecule has 0 fully saturated rings. The van der Waals surface area contributed by atoms with E-state index in [9.17, 15) is 13.8 Å². The van der Waals surface area contributed by atoms with Gasteiger partial charge in [-0.15, -0.1) is 0 Å². The number of carbonyl (C=O) groups is 2. The summed E-state index contributed by atoms with van der Waals surface area (Å²) >= 11 is 5.67. The Bertz CT molecular complexity index is 455. The van der Waals surface area contributed by atoms with Crippen LogP contribution in [0.2, 0.25) is 5.02 Å². The lowest BCUT2D eigenvalue weighted by Gasteiger charge is -2.05. The third kappa shape index (κ3) is 3.94. The van der Waals surface area contributed by atoms with Crippen molar-refractivity contribution in [3.05, 3.63) is 34.9 Å². The SMILES string of the molecule is CC(C(=O)O)S(=O)CC(=O)c1ccc(Cl)cc1. The van der Waals surface area contributed by atoms with Crippen LogP contribution in [0.5, 0.6) is 0 Å². The van der Waals surface area contributed by atoms with Gasteiger partial charge in [0.15, 0.2) is 5.78 Å². The van der Waals surface area contributed by atoms with Gasteiger partial charge in [0.05, 0.1) is 5.75 Å². The zero-order chi connectivity index (χ0) is 13.0. The molecule has 0 amide bonds. The minimum atomic E-state index is -1.71. The number of hydrogen-bond acceptors (Lipinski definition) is 3. The van der Waals surface area contributed by atoms with Crippen molar-refractivity contribution in [1.29, 1.82) is 0 Å². The van der Waals surface area contributed by atoms with E-state index in [0.29, 0.717) is 10.6 Å². The molecule has 0 radical (unpaired) electrons. The maximum absolute atomic E-state index is 11.7. The first-order valence-electron chi connectivity index (χ1n) is 4.80. The molecule has 0 saturated carbocycles. The van der Waals surface area contributed by atoms with Crippen LogP contribution >= 0.6 is 11.6 Å². The molecule has 0 bridgehead atoms. The van der Waals surface area contributed by atoms with Crippen LogP contribution in [0.25, 0.3) is 0 Å². The number of benzene rings is 1. The predicted molar refractivity (Wildman–Crippen MR) is 65.9 cm³/mol. The van der Waals surface area contributed by atoms with Crippen molar-refractivity contribution < 1.29 is 18.9 Å². The average Bonchev–Trinajstić information content (AvgIpc) is 2.28. The van der Waals surface area contributed by atoms with Gasteiger partial charge >= 0.3 is 5.97 Å². The minimum Gasteiger partial charge on any atom is -0.480 e. The molecule has 0 aliphatic heterocycles. The van der Waals surface area contributed by atoms with Crippen LogP contribution in [0.4, 0.5) is 0 Å². The monoisotopic (exact) mass is 274 g/mol. The maximum Gasteiger partial charge on any atom is 0.318 e. The molecule has 1 rings (SSSR count). The summed E-state index contributed by atoms with van der Waals surface area (Å²) in [6, 6.07) is 6.15. The molecule has 17 heavy (non-hydrogen) atoms. The number of carbonyl (C=O) groups excluding carboxylic acids is 1. The normalized spacial score (nSPS) is 14.0. The Balaban J connectivity index is 2.70. The molecule has 0 aromatic heterocycles. The summed E-state index contributed by atoms with van der Waals surface area (Å²) in [5.74, 6) is -1.82. The van der Waals surface area contributed by atoms with Crippen LogP contribution in [0.15, 0.2) is 24.3 Å². The number of aliphatic carboxylic acids is 1. The average molecular weight is 275 g/mol. The van der Waals surface area contributed by atoms with E-state index in [2.05, 4.69) is 0 Å². The Morgan fingerprint density at radius 3 is 2.35 bits per heavy atom. The zero-order valence-electron chi connectivity index (χ0n) is 9.05. The highest BCUT2D eigenvalue weighted by molar-refractivity contribution is 7.87. The molecule has 4 nitrogen and oxygen atoms in total. The lowest BCUT2D eigenvalue weighted by molar-refractivity contribution is -0.136. The second kappa shape index (κ2) is 5.93. The fourth-order valence-electron chi connectivity index (χ4n) is 1.09. The Morgan fingerprint density at radius 1 is 1.35 bits per heavy atom. The molecule has 0 spiro atoms. The van der Waals surface area contributed by atoms with Gasteiger partial charge in [-0.05, 0) is 31.2 Å². The van der Waals surface area contributed by atoms with Gasteiger partial charge in [0.1, 0.15) is 5.25 Å². The van der Waals surface area contributed by atoms with Gasteiger partial charge in [0.2, 0.25) is 0 Å². The van der Waals surface area contributed by atoms with E-state index in [0.717, 1.165) is 0 Å². The van der Waals surface area contributed by atoms with Crippen molar-refractivity contribution in [2.45, 2.75) is 12.2 Å². The van der Waals surface area contributed by atoms with E-state index in [4.69, 9.17) is 16.7 Å². The smallest absolute Gasteiger partial charge is 0.318 e. The summed E-state index contributed by atoms with van der Waals surface area (Å²) in [7, 11) is -1.71. The fraction of sp³-hybridized carbons (Fsp3) is 0.273. The van der Waals surface area contributed by atoms with E-state index in [1.807, 2.05) is 0 Å².